The Morgan fingerprint density at radius 3 is 2.71 bits per heavy atom. The summed E-state index contributed by atoms with van der Waals surface area (Å²) in [6.07, 6.45) is 0.427. The molecule has 1 heterocycles. The largest absolute Gasteiger partial charge is 0.481 e. The maximum absolute atomic E-state index is 12.4. The number of amides is 1. The first kappa shape index (κ1) is 14.8. The highest BCUT2D eigenvalue weighted by molar-refractivity contribution is 6.06. The van der Waals surface area contributed by atoms with Gasteiger partial charge in [0.25, 0.3) is 5.91 Å². The van der Waals surface area contributed by atoms with Gasteiger partial charge in [-0.3, -0.25) is 9.59 Å². The van der Waals surface area contributed by atoms with E-state index in [4.69, 9.17) is 9.63 Å². The maximum atomic E-state index is 12.4. The number of nitrogens with zero attached hydrogens (tertiary/aromatic N) is 1. The van der Waals surface area contributed by atoms with Crippen LogP contribution in [0.3, 0.4) is 0 Å². The van der Waals surface area contributed by atoms with Crippen LogP contribution in [0.1, 0.15) is 34.3 Å². The Labute approximate surface area is 121 Å². The van der Waals surface area contributed by atoms with Crippen LogP contribution in [0.4, 0.5) is 5.69 Å². The molecule has 2 aromatic rings. The molecule has 0 bridgehead atoms. The normalized spacial score (nSPS) is 10.4. The van der Waals surface area contributed by atoms with Crippen molar-refractivity contribution >= 4 is 17.6 Å². The van der Waals surface area contributed by atoms with E-state index in [1.54, 1.807) is 31.2 Å². The van der Waals surface area contributed by atoms with E-state index in [9.17, 15) is 9.59 Å². The monoisotopic (exact) mass is 288 g/mol. The summed E-state index contributed by atoms with van der Waals surface area (Å²) in [4.78, 5) is 23.2. The first-order chi connectivity index (χ1) is 10.0. The van der Waals surface area contributed by atoms with Gasteiger partial charge in [0.2, 0.25) is 0 Å². The third-order valence-electron chi connectivity index (χ3n) is 3.10. The quantitative estimate of drug-likeness (QED) is 0.881. The number of hydrogen-bond donors (Lipinski definition) is 2. The number of benzene rings is 1. The van der Waals surface area contributed by atoms with Crippen LogP contribution in [-0.4, -0.2) is 22.1 Å². The highest BCUT2D eigenvalue weighted by Crippen LogP contribution is 2.20. The number of carboxylic acid groups (broad SMARTS) is 1. The van der Waals surface area contributed by atoms with Gasteiger partial charge in [0.15, 0.2) is 0 Å². The summed E-state index contributed by atoms with van der Waals surface area (Å²) in [5, 5.41) is 15.5. The summed E-state index contributed by atoms with van der Waals surface area (Å²) in [6.45, 7) is 3.55. The molecule has 1 aromatic heterocycles. The second-order valence-corrected chi connectivity index (χ2v) is 4.60. The van der Waals surface area contributed by atoms with Crippen molar-refractivity contribution in [1.29, 1.82) is 0 Å². The minimum Gasteiger partial charge on any atom is -0.481 e. The molecular weight excluding hydrogens is 272 g/mol. The lowest BCUT2D eigenvalue weighted by Gasteiger charge is -2.09. The lowest BCUT2D eigenvalue weighted by Crippen LogP contribution is -2.16. The third kappa shape index (κ3) is 3.28. The fraction of sp³-hybridized carbons (Fsp3) is 0.267. The zero-order valence-corrected chi connectivity index (χ0v) is 11.8. The number of rotatable bonds is 5. The molecule has 1 aromatic carbocycles. The van der Waals surface area contributed by atoms with E-state index in [-0.39, 0.29) is 12.3 Å². The molecule has 21 heavy (non-hydrogen) atoms. The Hall–Kier alpha value is -2.63. The van der Waals surface area contributed by atoms with Gasteiger partial charge in [-0.25, -0.2) is 0 Å². The number of aromatic nitrogens is 1. The van der Waals surface area contributed by atoms with E-state index in [2.05, 4.69) is 10.5 Å². The number of aryl methyl sites for hydroxylation is 2. The summed E-state index contributed by atoms with van der Waals surface area (Å²) in [6, 6.07) is 6.81. The Kier molecular flexibility index (Phi) is 4.37. The molecule has 0 aliphatic heterocycles. The molecule has 110 valence electrons. The van der Waals surface area contributed by atoms with Crippen molar-refractivity contribution in [1.82, 2.24) is 5.16 Å². The van der Waals surface area contributed by atoms with Gasteiger partial charge in [-0.2, -0.15) is 0 Å². The molecule has 0 fully saturated rings. The predicted octanol–water partition coefficient (Wildman–Crippen LogP) is 2.42. The molecule has 0 unspecified atom stereocenters. The van der Waals surface area contributed by atoms with Gasteiger partial charge < -0.3 is 14.9 Å². The minimum atomic E-state index is -0.952. The molecule has 0 saturated heterocycles. The zero-order valence-electron chi connectivity index (χ0n) is 11.8. The zero-order chi connectivity index (χ0) is 15.4. The molecule has 6 nitrogen and oxygen atoms in total. The van der Waals surface area contributed by atoms with Crippen molar-refractivity contribution in [2.45, 2.75) is 26.7 Å². The number of para-hydroxylation sites is 1. The second kappa shape index (κ2) is 6.21. The smallest absolute Gasteiger partial charge is 0.307 e. The first-order valence-corrected chi connectivity index (χ1v) is 6.59. The van der Waals surface area contributed by atoms with Crippen LogP contribution >= 0.6 is 0 Å². The van der Waals surface area contributed by atoms with E-state index in [1.807, 2.05) is 6.92 Å². The molecule has 2 rings (SSSR count). The number of carboxylic acids is 1. The second-order valence-electron chi connectivity index (χ2n) is 4.60. The van der Waals surface area contributed by atoms with Crippen molar-refractivity contribution < 1.29 is 19.2 Å². The average molecular weight is 288 g/mol. The Morgan fingerprint density at radius 1 is 1.33 bits per heavy atom. The lowest BCUT2D eigenvalue weighted by molar-refractivity contribution is -0.136. The molecule has 0 aliphatic carbocycles. The summed E-state index contributed by atoms with van der Waals surface area (Å²) in [5.41, 5.74) is 2.02. The fourth-order valence-corrected chi connectivity index (χ4v) is 2.09. The SMILES string of the molecule is CCc1noc(C)c1C(=O)Nc1ccccc1CC(=O)O. The fourth-order valence-electron chi connectivity index (χ4n) is 2.09. The van der Waals surface area contributed by atoms with Gasteiger partial charge in [0.1, 0.15) is 11.3 Å². The minimum absolute atomic E-state index is 0.153. The number of carbonyl (C=O) groups excluding carboxylic acids is 1. The van der Waals surface area contributed by atoms with E-state index in [0.29, 0.717) is 34.7 Å². The molecule has 0 saturated carbocycles. The molecule has 0 spiro atoms. The number of anilines is 1. The van der Waals surface area contributed by atoms with Crippen molar-refractivity contribution in [3.63, 3.8) is 0 Å². The van der Waals surface area contributed by atoms with Gasteiger partial charge >= 0.3 is 5.97 Å². The summed E-state index contributed by atoms with van der Waals surface area (Å²) < 4.78 is 5.04. The van der Waals surface area contributed by atoms with E-state index < -0.39 is 5.97 Å². The first-order valence-electron chi connectivity index (χ1n) is 6.59. The number of hydrogen-bond acceptors (Lipinski definition) is 4. The van der Waals surface area contributed by atoms with Gasteiger partial charge in [0, 0.05) is 5.69 Å². The maximum Gasteiger partial charge on any atom is 0.307 e. The number of carbonyl (C=O) groups is 2. The van der Waals surface area contributed by atoms with Crippen LogP contribution in [0.25, 0.3) is 0 Å². The molecule has 1 amide bonds. The molecule has 6 heteroatoms. The Morgan fingerprint density at radius 2 is 2.05 bits per heavy atom. The topological polar surface area (TPSA) is 92.4 Å². The summed E-state index contributed by atoms with van der Waals surface area (Å²) in [7, 11) is 0. The molecular formula is C15H16N2O4. The van der Waals surface area contributed by atoms with Gasteiger partial charge in [-0.1, -0.05) is 30.3 Å². The highest BCUT2D eigenvalue weighted by atomic mass is 16.5. The molecule has 0 aliphatic rings. The van der Waals surface area contributed by atoms with Crippen molar-refractivity contribution in [3.05, 3.63) is 46.8 Å². The van der Waals surface area contributed by atoms with Crippen LogP contribution < -0.4 is 5.32 Å². The average Bonchev–Trinajstić information content (AvgIpc) is 2.81. The standard InChI is InChI=1S/C15H16N2O4/c1-3-11-14(9(2)21-17-11)15(20)16-12-7-5-4-6-10(12)8-13(18)19/h4-7H,3,8H2,1-2H3,(H,16,20)(H,18,19). The van der Waals surface area contributed by atoms with Crippen LogP contribution in [-0.2, 0) is 17.6 Å². The Balaban J connectivity index is 2.28. The van der Waals surface area contributed by atoms with Crippen LogP contribution in [0.5, 0.6) is 0 Å². The number of aliphatic carboxylic acids is 1. The summed E-state index contributed by atoms with van der Waals surface area (Å²) in [5.74, 6) is -0.851. The van der Waals surface area contributed by atoms with Gasteiger partial charge in [-0.15, -0.1) is 0 Å². The van der Waals surface area contributed by atoms with E-state index in [0.717, 1.165) is 0 Å². The van der Waals surface area contributed by atoms with Crippen LogP contribution in [0.15, 0.2) is 28.8 Å². The Bertz CT molecular complexity index is 676. The van der Waals surface area contributed by atoms with Crippen LogP contribution in [0.2, 0.25) is 0 Å². The molecule has 2 N–H and O–H groups in total. The predicted molar refractivity (Wildman–Crippen MR) is 76.4 cm³/mol. The van der Waals surface area contributed by atoms with E-state index in [1.165, 1.54) is 0 Å². The van der Waals surface area contributed by atoms with Crippen LogP contribution in [0, 0.1) is 6.92 Å². The van der Waals surface area contributed by atoms with Gasteiger partial charge in [0.05, 0.1) is 12.1 Å². The summed E-state index contributed by atoms with van der Waals surface area (Å²) >= 11 is 0. The third-order valence-corrected chi connectivity index (χ3v) is 3.10. The van der Waals surface area contributed by atoms with Gasteiger partial charge in [-0.05, 0) is 25.0 Å². The van der Waals surface area contributed by atoms with Crippen molar-refractivity contribution in [2.75, 3.05) is 5.32 Å². The van der Waals surface area contributed by atoms with E-state index >= 15 is 0 Å². The highest BCUT2D eigenvalue weighted by Gasteiger charge is 2.20. The molecule has 0 atom stereocenters. The molecule has 0 radical (unpaired) electrons. The lowest BCUT2D eigenvalue weighted by atomic mass is 10.1. The van der Waals surface area contributed by atoms with Crippen molar-refractivity contribution in [2.24, 2.45) is 0 Å². The number of nitrogens with one attached hydrogen (secondary N) is 1. The van der Waals surface area contributed by atoms with Crippen molar-refractivity contribution in [3.8, 4) is 0 Å².